The summed E-state index contributed by atoms with van der Waals surface area (Å²) in [6, 6.07) is 13.4. The van der Waals surface area contributed by atoms with Crippen molar-refractivity contribution in [3.05, 3.63) is 64.8 Å². The van der Waals surface area contributed by atoms with Gasteiger partial charge in [-0.05, 0) is 47.4 Å². The van der Waals surface area contributed by atoms with Crippen molar-refractivity contribution in [3.8, 4) is 10.4 Å². The van der Waals surface area contributed by atoms with E-state index >= 15 is 0 Å². The number of nitrogens with one attached hydrogen (secondary N) is 1. The fourth-order valence-corrected chi connectivity index (χ4v) is 2.86. The molecule has 1 aromatic heterocycles. The summed E-state index contributed by atoms with van der Waals surface area (Å²) in [6.07, 6.45) is 0. The molecular weight excluding hydrogens is 348 g/mol. The van der Waals surface area contributed by atoms with Crippen molar-refractivity contribution in [2.75, 3.05) is 5.32 Å². The standard InChI is InChI=1S/C16H11ClN4O2S/c17-11-6-4-9(5-7-11)14-13(20-21-24-14)16(23)19-12-3-1-2-10(8-12)15(18)22/h1-8H,(H2,18,22)(H,19,23). The van der Waals surface area contributed by atoms with Gasteiger partial charge in [0.15, 0.2) is 5.69 Å². The molecule has 24 heavy (non-hydrogen) atoms. The third-order valence-corrected chi connectivity index (χ3v) is 4.24. The van der Waals surface area contributed by atoms with Crippen LogP contribution in [0.3, 0.4) is 0 Å². The summed E-state index contributed by atoms with van der Waals surface area (Å²) in [5, 5.41) is 7.20. The Kier molecular flexibility index (Phi) is 4.54. The van der Waals surface area contributed by atoms with Crippen LogP contribution < -0.4 is 11.1 Å². The number of carbonyl (C=O) groups is 2. The summed E-state index contributed by atoms with van der Waals surface area (Å²) in [5.41, 5.74) is 6.99. The fraction of sp³-hybridized carbons (Fsp3) is 0. The number of primary amides is 1. The van der Waals surface area contributed by atoms with Crippen molar-refractivity contribution in [1.82, 2.24) is 9.59 Å². The maximum atomic E-state index is 12.5. The van der Waals surface area contributed by atoms with Gasteiger partial charge in [-0.2, -0.15) is 0 Å². The van der Waals surface area contributed by atoms with E-state index in [0.717, 1.165) is 17.1 Å². The lowest BCUT2D eigenvalue weighted by Gasteiger charge is -2.06. The number of hydrogen-bond donors (Lipinski definition) is 2. The molecule has 3 N–H and O–H groups in total. The highest BCUT2D eigenvalue weighted by Crippen LogP contribution is 2.28. The predicted molar refractivity (Wildman–Crippen MR) is 93.3 cm³/mol. The summed E-state index contributed by atoms with van der Waals surface area (Å²) in [7, 11) is 0. The molecule has 2 aromatic carbocycles. The maximum absolute atomic E-state index is 12.5. The zero-order chi connectivity index (χ0) is 17.1. The normalized spacial score (nSPS) is 10.4. The quantitative estimate of drug-likeness (QED) is 0.748. The minimum absolute atomic E-state index is 0.201. The summed E-state index contributed by atoms with van der Waals surface area (Å²) in [5.74, 6) is -0.987. The molecule has 0 saturated carbocycles. The topological polar surface area (TPSA) is 98.0 Å². The second-order valence-corrected chi connectivity index (χ2v) is 6.05. The smallest absolute Gasteiger partial charge is 0.277 e. The van der Waals surface area contributed by atoms with Crippen LogP contribution in [0.25, 0.3) is 10.4 Å². The number of halogens is 1. The Balaban J connectivity index is 1.86. The molecule has 8 heteroatoms. The average molecular weight is 359 g/mol. The minimum atomic E-state index is -0.566. The summed E-state index contributed by atoms with van der Waals surface area (Å²) < 4.78 is 3.85. The molecule has 120 valence electrons. The minimum Gasteiger partial charge on any atom is -0.366 e. The van der Waals surface area contributed by atoms with Gasteiger partial charge in [-0.1, -0.05) is 34.3 Å². The molecule has 3 rings (SSSR count). The molecule has 0 radical (unpaired) electrons. The first kappa shape index (κ1) is 16.1. The Hall–Kier alpha value is -2.77. The molecular formula is C16H11ClN4O2S. The number of benzene rings is 2. The number of carbonyl (C=O) groups excluding carboxylic acids is 2. The van der Waals surface area contributed by atoms with Gasteiger partial charge < -0.3 is 11.1 Å². The Labute approximate surface area is 146 Å². The highest BCUT2D eigenvalue weighted by molar-refractivity contribution is 7.09. The van der Waals surface area contributed by atoms with Gasteiger partial charge in [0.05, 0.1) is 4.88 Å². The maximum Gasteiger partial charge on any atom is 0.277 e. The molecule has 2 amide bonds. The zero-order valence-electron chi connectivity index (χ0n) is 12.2. The van der Waals surface area contributed by atoms with Crippen LogP contribution in [0, 0.1) is 0 Å². The van der Waals surface area contributed by atoms with Crippen molar-refractivity contribution in [3.63, 3.8) is 0 Å². The van der Waals surface area contributed by atoms with E-state index in [1.54, 1.807) is 42.5 Å². The number of nitrogens with two attached hydrogens (primary N) is 1. The lowest BCUT2D eigenvalue weighted by atomic mass is 10.1. The van der Waals surface area contributed by atoms with E-state index < -0.39 is 11.8 Å². The van der Waals surface area contributed by atoms with Crippen LogP contribution in [0.4, 0.5) is 5.69 Å². The molecule has 0 fully saturated rings. The van der Waals surface area contributed by atoms with Crippen LogP contribution in [0.2, 0.25) is 5.02 Å². The Morgan fingerprint density at radius 1 is 1.12 bits per heavy atom. The Bertz CT molecular complexity index is 908. The highest BCUT2D eigenvalue weighted by Gasteiger charge is 2.18. The van der Waals surface area contributed by atoms with Gasteiger partial charge in [-0.25, -0.2) is 0 Å². The first-order valence-electron chi connectivity index (χ1n) is 6.84. The SMILES string of the molecule is NC(=O)c1cccc(NC(=O)c2nnsc2-c2ccc(Cl)cc2)c1. The van der Waals surface area contributed by atoms with Crippen LogP contribution in [0.15, 0.2) is 48.5 Å². The first-order valence-corrected chi connectivity index (χ1v) is 7.99. The van der Waals surface area contributed by atoms with Crippen molar-refractivity contribution in [1.29, 1.82) is 0 Å². The van der Waals surface area contributed by atoms with Crippen LogP contribution in [0.1, 0.15) is 20.8 Å². The van der Waals surface area contributed by atoms with E-state index in [2.05, 4.69) is 14.9 Å². The molecule has 0 aliphatic rings. The molecule has 6 nitrogen and oxygen atoms in total. The number of anilines is 1. The van der Waals surface area contributed by atoms with Gasteiger partial charge in [0.1, 0.15) is 0 Å². The van der Waals surface area contributed by atoms with Crippen molar-refractivity contribution >= 4 is 40.6 Å². The first-order chi connectivity index (χ1) is 11.5. The van der Waals surface area contributed by atoms with E-state index in [1.807, 2.05) is 0 Å². The number of hydrogen-bond acceptors (Lipinski definition) is 5. The van der Waals surface area contributed by atoms with Crippen LogP contribution in [0.5, 0.6) is 0 Å². The van der Waals surface area contributed by atoms with E-state index in [9.17, 15) is 9.59 Å². The number of nitrogens with zero attached hydrogens (tertiary/aromatic N) is 2. The van der Waals surface area contributed by atoms with E-state index in [4.69, 9.17) is 17.3 Å². The van der Waals surface area contributed by atoms with Gasteiger partial charge in [0.25, 0.3) is 5.91 Å². The monoisotopic (exact) mass is 358 g/mol. The molecule has 0 spiro atoms. The second-order valence-electron chi connectivity index (χ2n) is 4.86. The van der Waals surface area contributed by atoms with Crippen LogP contribution in [-0.4, -0.2) is 21.4 Å². The highest BCUT2D eigenvalue weighted by atomic mass is 35.5. The zero-order valence-corrected chi connectivity index (χ0v) is 13.8. The largest absolute Gasteiger partial charge is 0.366 e. The molecule has 0 saturated heterocycles. The van der Waals surface area contributed by atoms with Crippen molar-refractivity contribution in [2.45, 2.75) is 0 Å². The molecule has 0 aliphatic heterocycles. The van der Waals surface area contributed by atoms with Gasteiger partial charge in [0, 0.05) is 16.3 Å². The lowest BCUT2D eigenvalue weighted by molar-refractivity contribution is 0.0995. The molecule has 1 heterocycles. The fourth-order valence-electron chi connectivity index (χ4n) is 2.07. The average Bonchev–Trinajstić information content (AvgIpc) is 3.05. The van der Waals surface area contributed by atoms with Crippen LogP contribution in [-0.2, 0) is 0 Å². The molecule has 3 aromatic rings. The molecule has 0 aliphatic carbocycles. The summed E-state index contributed by atoms with van der Waals surface area (Å²) in [4.78, 5) is 24.3. The van der Waals surface area contributed by atoms with E-state index in [1.165, 1.54) is 6.07 Å². The third kappa shape index (κ3) is 3.42. The van der Waals surface area contributed by atoms with Gasteiger partial charge in [-0.3, -0.25) is 9.59 Å². The van der Waals surface area contributed by atoms with Crippen molar-refractivity contribution < 1.29 is 9.59 Å². The van der Waals surface area contributed by atoms with Gasteiger partial charge in [0.2, 0.25) is 5.91 Å². The number of aromatic nitrogens is 2. The summed E-state index contributed by atoms with van der Waals surface area (Å²) in [6.45, 7) is 0. The van der Waals surface area contributed by atoms with Crippen molar-refractivity contribution in [2.24, 2.45) is 5.73 Å². The molecule has 0 bridgehead atoms. The Morgan fingerprint density at radius 2 is 1.88 bits per heavy atom. The predicted octanol–water partition coefficient (Wildman–Crippen LogP) is 3.21. The summed E-state index contributed by atoms with van der Waals surface area (Å²) >= 11 is 6.99. The van der Waals surface area contributed by atoms with Gasteiger partial charge in [-0.15, -0.1) is 5.10 Å². The number of amides is 2. The lowest BCUT2D eigenvalue weighted by Crippen LogP contribution is -2.15. The van der Waals surface area contributed by atoms with E-state index in [-0.39, 0.29) is 5.69 Å². The third-order valence-electron chi connectivity index (χ3n) is 3.21. The van der Waals surface area contributed by atoms with Gasteiger partial charge >= 0.3 is 0 Å². The molecule has 0 unspecified atom stereocenters. The van der Waals surface area contributed by atoms with Crippen LogP contribution >= 0.6 is 23.1 Å². The second kappa shape index (κ2) is 6.77. The Morgan fingerprint density at radius 3 is 2.58 bits per heavy atom. The molecule has 0 atom stereocenters. The van der Waals surface area contributed by atoms with E-state index in [0.29, 0.717) is 21.2 Å². The number of rotatable bonds is 4.